The molecule has 0 aromatic heterocycles. The molecular weight excluding hydrogens is 425 g/mol. The number of benzene rings is 2. The molecule has 1 amide bonds. The summed E-state index contributed by atoms with van der Waals surface area (Å²) in [6.45, 7) is 5.51. The predicted octanol–water partition coefficient (Wildman–Crippen LogP) is 5.14. The standard InChI is InChI=1S/C23H23Cl2NO4/c1-3-5-19-23(28)26(14-20(27)29-4-2)21(15-6-10-17(24)11-7-15)22(30-19)16-8-12-18(25)13-9-16/h3,6-13,19,21-22H,1,4-5,14H2,2H3/t19-,21?,22?/m0/s1. The quantitative estimate of drug-likeness (QED) is 0.435. The molecule has 1 aliphatic rings. The molecule has 158 valence electrons. The lowest BCUT2D eigenvalue weighted by Gasteiger charge is -2.44. The summed E-state index contributed by atoms with van der Waals surface area (Å²) in [6.07, 6.45) is 0.698. The van der Waals surface area contributed by atoms with Crippen molar-refractivity contribution < 1.29 is 19.1 Å². The molecule has 30 heavy (non-hydrogen) atoms. The topological polar surface area (TPSA) is 55.8 Å². The van der Waals surface area contributed by atoms with E-state index < -0.39 is 24.2 Å². The van der Waals surface area contributed by atoms with Gasteiger partial charge in [0.1, 0.15) is 18.8 Å². The Hall–Kier alpha value is -2.34. The van der Waals surface area contributed by atoms with Gasteiger partial charge in [-0.2, -0.15) is 0 Å². The van der Waals surface area contributed by atoms with E-state index in [2.05, 4.69) is 6.58 Å². The van der Waals surface area contributed by atoms with Crippen LogP contribution in [0.1, 0.15) is 36.6 Å². The summed E-state index contributed by atoms with van der Waals surface area (Å²) >= 11 is 12.1. The van der Waals surface area contributed by atoms with E-state index in [0.717, 1.165) is 11.1 Å². The van der Waals surface area contributed by atoms with Crippen molar-refractivity contribution in [3.8, 4) is 0 Å². The number of rotatable bonds is 7. The first kappa shape index (κ1) is 22.3. The van der Waals surface area contributed by atoms with Gasteiger partial charge in [-0.3, -0.25) is 9.59 Å². The van der Waals surface area contributed by atoms with E-state index in [1.165, 1.54) is 4.90 Å². The summed E-state index contributed by atoms with van der Waals surface area (Å²) in [5, 5.41) is 1.17. The minimum Gasteiger partial charge on any atom is -0.465 e. The minimum absolute atomic E-state index is 0.180. The van der Waals surface area contributed by atoms with Gasteiger partial charge in [-0.05, 0) is 42.3 Å². The molecule has 7 heteroatoms. The summed E-state index contributed by atoms with van der Waals surface area (Å²) in [4.78, 5) is 27.1. The minimum atomic E-state index is -0.749. The summed E-state index contributed by atoms with van der Waals surface area (Å²) < 4.78 is 11.4. The van der Waals surface area contributed by atoms with Crippen molar-refractivity contribution in [1.29, 1.82) is 0 Å². The Balaban J connectivity index is 2.08. The molecule has 2 aromatic carbocycles. The number of carbonyl (C=O) groups excluding carboxylic acids is 2. The molecule has 2 aromatic rings. The Morgan fingerprint density at radius 3 is 2.20 bits per heavy atom. The van der Waals surface area contributed by atoms with E-state index in [4.69, 9.17) is 32.7 Å². The molecular formula is C23H23Cl2NO4. The fourth-order valence-electron chi connectivity index (χ4n) is 3.55. The molecule has 0 N–H and O–H groups in total. The zero-order valence-corrected chi connectivity index (χ0v) is 18.1. The SMILES string of the molecule is C=CC[C@@H]1OC(c2ccc(Cl)cc2)C(c2ccc(Cl)cc2)N(CC(=O)OCC)C1=O. The lowest BCUT2D eigenvalue weighted by Crippen LogP contribution is -2.52. The van der Waals surface area contributed by atoms with Crippen LogP contribution in [0.2, 0.25) is 10.0 Å². The van der Waals surface area contributed by atoms with Gasteiger partial charge >= 0.3 is 5.97 Å². The van der Waals surface area contributed by atoms with E-state index in [-0.39, 0.29) is 19.1 Å². The van der Waals surface area contributed by atoms with E-state index in [1.807, 2.05) is 24.3 Å². The number of ether oxygens (including phenoxy) is 2. The molecule has 1 heterocycles. The van der Waals surface area contributed by atoms with Gasteiger partial charge in [0, 0.05) is 16.5 Å². The number of carbonyl (C=O) groups is 2. The van der Waals surface area contributed by atoms with E-state index >= 15 is 0 Å². The average Bonchev–Trinajstić information content (AvgIpc) is 2.72. The summed E-state index contributed by atoms with van der Waals surface area (Å²) in [5.41, 5.74) is 1.64. The van der Waals surface area contributed by atoms with Crippen LogP contribution in [0, 0.1) is 0 Å². The van der Waals surface area contributed by atoms with Crippen LogP contribution in [-0.2, 0) is 19.1 Å². The first-order chi connectivity index (χ1) is 14.4. The number of hydrogen-bond acceptors (Lipinski definition) is 4. The van der Waals surface area contributed by atoms with Gasteiger partial charge in [-0.1, -0.05) is 53.5 Å². The fourth-order valence-corrected chi connectivity index (χ4v) is 3.80. The molecule has 1 saturated heterocycles. The highest BCUT2D eigenvalue weighted by Gasteiger charge is 2.44. The molecule has 3 atom stereocenters. The third-order valence-electron chi connectivity index (χ3n) is 4.89. The third-order valence-corrected chi connectivity index (χ3v) is 5.39. The van der Waals surface area contributed by atoms with Crippen molar-refractivity contribution in [3.63, 3.8) is 0 Å². The Morgan fingerprint density at radius 2 is 1.67 bits per heavy atom. The monoisotopic (exact) mass is 447 g/mol. The van der Waals surface area contributed by atoms with Crippen LogP contribution >= 0.6 is 23.2 Å². The van der Waals surface area contributed by atoms with Crippen LogP contribution in [0.5, 0.6) is 0 Å². The number of nitrogens with zero attached hydrogens (tertiary/aromatic N) is 1. The van der Waals surface area contributed by atoms with Crippen molar-refractivity contribution in [2.75, 3.05) is 13.2 Å². The molecule has 3 rings (SSSR count). The summed E-state index contributed by atoms with van der Waals surface area (Å²) in [6, 6.07) is 13.9. The maximum absolute atomic E-state index is 13.2. The van der Waals surface area contributed by atoms with Crippen molar-refractivity contribution in [1.82, 2.24) is 4.90 Å². The number of morpholine rings is 1. The molecule has 0 spiro atoms. The second-order valence-electron chi connectivity index (χ2n) is 6.89. The predicted molar refractivity (Wildman–Crippen MR) is 116 cm³/mol. The number of esters is 1. The highest BCUT2D eigenvalue weighted by atomic mass is 35.5. The normalized spacial score (nSPS) is 21.4. The maximum Gasteiger partial charge on any atom is 0.325 e. The van der Waals surface area contributed by atoms with Gasteiger partial charge in [0.05, 0.1) is 12.6 Å². The van der Waals surface area contributed by atoms with Crippen LogP contribution in [0.4, 0.5) is 0 Å². The zero-order valence-electron chi connectivity index (χ0n) is 16.6. The maximum atomic E-state index is 13.2. The molecule has 2 unspecified atom stereocenters. The molecule has 0 radical (unpaired) electrons. The van der Waals surface area contributed by atoms with Crippen molar-refractivity contribution >= 4 is 35.1 Å². The summed E-state index contributed by atoms with van der Waals surface area (Å²) in [5.74, 6) is -0.757. The fraction of sp³-hybridized carbons (Fsp3) is 0.304. The molecule has 1 aliphatic heterocycles. The van der Waals surface area contributed by atoms with Crippen LogP contribution < -0.4 is 0 Å². The van der Waals surface area contributed by atoms with Crippen LogP contribution in [0.15, 0.2) is 61.2 Å². The smallest absolute Gasteiger partial charge is 0.325 e. The molecule has 5 nitrogen and oxygen atoms in total. The van der Waals surface area contributed by atoms with Gasteiger partial charge in [-0.15, -0.1) is 6.58 Å². The van der Waals surface area contributed by atoms with Gasteiger partial charge in [0.25, 0.3) is 5.91 Å². The van der Waals surface area contributed by atoms with Gasteiger partial charge in [0.2, 0.25) is 0 Å². The summed E-state index contributed by atoms with van der Waals surface area (Å²) in [7, 11) is 0. The zero-order chi connectivity index (χ0) is 21.7. The Kier molecular flexibility index (Phi) is 7.53. The molecule has 1 fully saturated rings. The lowest BCUT2D eigenvalue weighted by atomic mass is 9.91. The van der Waals surface area contributed by atoms with Crippen molar-refractivity contribution in [2.24, 2.45) is 0 Å². The van der Waals surface area contributed by atoms with Crippen molar-refractivity contribution in [2.45, 2.75) is 31.6 Å². The molecule has 0 saturated carbocycles. The van der Waals surface area contributed by atoms with Crippen molar-refractivity contribution in [3.05, 3.63) is 82.4 Å². The lowest BCUT2D eigenvalue weighted by molar-refractivity contribution is -0.178. The Labute approximate surface area is 186 Å². The van der Waals surface area contributed by atoms with E-state index in [0.29, 0.717) is 16.5 Å². The van der Waals surface area contributed by atoms with Gasteiger partial charge in [0.15, 0.2) is 0 Å². The number of halogens is 2. The average molecular weight is 448 g/mol. The van der Waals surface area contributed by atoms with Crippen LogP contribution in [0.3, 0.4) is 0 Å². The third kappa shape index (κ3) is 5.04. The van der Waals surface area contributed by atoms with E-state index in [1.54, 1.807) is 37.3 Å². The second kappa shape index (κ2) is 10.1. The van der Waals surface area contributed by atoms with Gasteiger partial charge in [-0.25, -0.2) is 0 Å². The van der Waals surface area contributed by atoms with Crippen LogP contribution in [0.25, 0.3) is 0 Å². The first-order valence-corrected chi connectivity index (χ1v) is 10.4. The number of hydrogen-bond donors (Lipinski definition) is 0. The van der Waals surface area contributed by atoms with E-state index in [9.17, 15) is 9.59 Å². The van der Waals surface area contributed by atoms with Gasteiger partial charge < -0.3 is 14.4 Å². The highest BCUT2D eigenvalue weighted by Crippen LogP contribution is 2.43. The first-order valence-electron chi connectivity index (χ1n) is 9.68. The largest absolute Gasteiger partial charge is 0.465 e. The number of amides is 1. The highest BCUT2D eigenvalue weighted by molar-refractivity contribution is 6.30. The molecule has 0 aliphatic carbocycles. The Bertz CT molecular complexity index is 898. The molecule has 0 bridgehead atoms. The second-order valence-corrected chi connectivity index (χ2v) is 7.76. The Morgan fingerprint density at radius 1 is 1.10 bits per heavy atom. The van der Waals surface area contributed by atoms with Crippen LogP contribution in [-0.4, -0.2) is 36.0 Å².